The Labute approximate surface area is 114 Å². The van der Waals surface area contributed by atoms with E-state index in [-0.39, 0.29) is 24.0 Å². The first-order valence-corrected chi connectivity index (χ1v) is 7.11. The summed E-state index contributed by atoms with van der Waals surface area (Å²) in [5.74, 6) is -0.00709. The summed E-state index contributed by atoms with van der Waals surface area (Å²) in [5, 5.41) is 2.96. The summed E-state index contributed by atoms with van der Waals surface area (Å²) in [6, 6.07) is 0.0484. The second-order valence-corrected chi connectivity index (χ2v) is 6.49. The standard InChI is InChI=1S/C14H24N2O3/c1-14(2,3)19-13(18)11-5-4-8-16(11)9-10-6-7-12(17)15-10/h10-11H,4-9H2,1-3H3,(H,15,17)/t10?,11-/m1/s1. The van der Waals surface area contributed by atoms with Crippen molar-refractivity contribution in [1.82, 2.24) is 10.2 Å². The van der Waals surface area contributed by atoms with Crippen molar-refractivity contribution in [3.8, 4) is 0 Å². The van der Waals surface area contributed by atoms with Crippen molar-refractivity contribution in [2.24, 2.45) is 0 Å². The summed E-state index contributed by atoms with van der Waals surface area (Å²) in [6.07, 6.45) is 3.35. The van der Waals surface area contributed by atoms with Crippen LogP contribution in [-0.4, -0.2) is 47.6 Å². The van der Waals surface area contributed by atoms with Crippen LogP contribution in [0.5, 0.6) is 0 Å². The summed E-state index contributed by atoms with van der Waals surface area (Å²) in [6.45, 7) is 7.34. The van der Waals surface area contributed by atoms with E-state index >= 15 is 0 Å². The van der Waals surface area contributed by atoms with Gasteiger partial charge in [0, 0.05) is 19.0 Å². The van der Waals surface area contributed by atoms with Crippen LogP contribution in [0.25, 0.3) is 0 Å². The number of carbonyl (C=O) groups is 2. The molecule has 0 saturated carbocycles. The third kappa shape index (κ3) is 3.93. The van der Waals surface area contributed by atoms with Crippen LogP contribution in [0.4, 0.5) is 0 Å². The van der Waals surface area contributed by atoms with E-state index < -0.39 is 5.60 Å². The van der Waals surface area contributed by atoms with Gasteiger partial charge in [-0.25, -0.2) is 0 Å². The topological polar surface area (TPSA) is 58.6 Å². The number of nitrogens with one attached hydrogen (secondary N) is 1. The van der Waals surface area contributed by atoms with Gasteiger partial charge in [-0.05, 0) is 46.6 Å². The number of esters is 1. The quantitative estimate of drug-likeness (QED) is 0.778. The van der Waals surface area contributed by atoms with E-state index in [1.165, 1.54) is 0 Å². The van der Waals surface area contributed by atoms with Gasteiger partial charge in [-0.2, -0.15) is 0 Å². The Kier molecular flexibility index (Phi) is 4.13. The Balaban J connectivity index is 1.89. The fourth-order valence-electron chi connectivity index (χ4n) is 2.78. The molecule has 0 aromatic carbocycles. The summed E-state index contributed by atoms with van der Waals surface area (Å²) in [7, 11) is 0. The molecule has 5 nitrogen and oxygen atoms in total. The van der Waals surface area contributed by atoms with Gasteiger partial charge in [0.1, 0.15) is 11.6 Å². The van der Waals surface area contributed by atoms with Gasteiger partial charge in [0.25, 0.3) is 0 Å². The minimum absolute atomic E-state index is 0.123. The fraction of sp³-hybridized carbons (Fsp3) is 0.857. The predicted molar refractivity (Wildman–Crippen MR) is 71.6 cm³/mol. The van der Waals surface area contributed by atoms with E-state index in [1.54, 1.807) is 0 Å². The van der Waals surface area contributed by atoms with Crippen molar-refractivity contribution in [3.63, 3.8) is 0 Å². The minimum Gasteiger partial charge on any atom is -0.459 e. The molecule has 2 atom stereocenters. The largest absolute Gasteiger partial charge is 0.459 e. The monoisotopic (exact) mass is 268 g/mol. The Morgan fingerprint density at radius 2 is 2.16 bits per heavy atom. The smallest absolute Gasteiger partial charge is 0.323 e. The maximum absolute atomic E-state index is 12.2. The molecule has 2 rings (SSSR count). The Bertz CT molecular complexity index is 362. The molecule has 19 heavy (non-hydrogen) atoms. The van der Waals surface area contributed by atoms with E-state index in [4.69, 9.17) is 4.74 Å². The van der Waals surface area contributed by atoms with E-state index in [2.05, 4.69) is 10.2 Å². The molecule has 5 heteroatoms. The lowest BCUT2D eigenvalue weighted by Crippen LogP contribution is -2.45. The molecule has 2 fully saturated rings. The molecule has 1 N–H and O–H groups in total. The van der Waals surface area contributed by atoms with Crippen molar-refractivity contribution in [2.45, 2.75) is 64.1 Å². The van der Waals surface area contributed by atoms with Crippen LogP contribution in [0.1, 0.15) is 46.5 Å². The summed E-state index contributed by atoms with van der Waals surface area (Å²) < 4.78 is 5.47. The van der Waals surface area contributed by atoms with Crippen LogP contribution in [0.2, 0.25) is 0 Å². The van der Waals surface area contributed by atoms with E-state index in [1.807, 2.05) is 20.8 Å². The van der Waals surface area contributed by atoms with Crippen LogP contribution in [0.3, 0.4) is 0 Å². The molecule has 1 amide bonds. The zero-order valence-electron chi connectivity index (χ0n) is 12.1. The number of hydrogen-bond donors (Lipinski definition) is 1. The lowest BCUT2D eigenvalue weighted by Gasteiger charge is -2.28. The SMILES string of the molecule is CC(C)(C)OC(=O)[C@H]1CCCN1CC1CCC(=O)N1. The number of hydrogen-bond acceptors (Lipinski definition) is 4. The molecule has 2 aliphatic heterocycles. The average Bonchev–Trinajstić information content (AvgIpc) is 2.86. The highest BCUT2D eigenvalue weighted by Crippen LogP contribution is 2.22. The summed E-state index contributed by atoms with van der Waals surface area (Å²) in [4.78, 5) is 25.5. The second-order valence-electron chi connectivity index (χ2n) is 6.49. The zero-order chi connectivity index (χ0) is 14.0. The average molecular weight is 268 g/mol. The van der Waals surface area contributed by atoms with E-state index in [9.17, 15) is 9.59 Å². The van der Waals surface area contributed by atoms with Gasteiger partial charge in [0.05, 0.1) is 0 Å². The van der Waals surface area contributed by atoms with Gasteiger partial charge >= 0.3 is 5.97 Å². The first-order valence-electron chi connectivity index (χ1n) is 7.11. The Morgan fingerprint density at radius 1 is 1.42 bits per heavy atom. The lowest BCUT2D eigenvalue weighted by atomic mass is 10.1. The molecule has 0 aromatic heterocycles. The molecule has 0 radical (unpaired) electrons. The third-order valence-corrected chi connectivity index (χ3v) is 3.58. The first kappa shape index (κ1) is 14.3. The molecular formula is C14H24N2O3. The number of carbonyl (C=O) groups excluding carboxylic acids is 2. The van der Waals surface area contributed by atoms with Gasteiger partial charge < -0.3 is 10.1 Å². The highest BCUT2D eigenvalue weighted by Gasteiger charge is 2.36. The number of ether oxygens (including phenoxy) is 1. The van der Waals surface area contributed by atoms with Gasteiger partial charge in [0.15, 0.2) is 0 Å². The summed E-state index contributed by atoms with van der Waals surface area (Å²) in [5.41, 5.74) is -0.438. The maximum Gasteiger partial charge on any atom is 0.323 e. The Hall–Kier alpha value is -1.10. The van der Waals surface area contributed by atoms with Crippen LogP contribution in [0, 0.1) is 0 Å². The van der Waals surface area contributed by atoms with Gasteiger partial charge in [-0.15, -0.1) is 0 Å². The third-order valence-electron chi connectivity index (χ3n) is 3.58. The van der Waals surface area contributed by atoms with Gasteiger partial charge in [0.2, 0.25) is 5.91 Å². The molecule has 0 bridgehead atoms. The van der Waals surface area contributed by atoms with Crippen molar-refractivity contribution in [2.75, 3.05) is 13.1 Å². The highest BCUT2D eigenvalue weighted by molar-refractivity contribution is 5.78. The van der Waals surface area contributed by atoms with Crippen LogP contribution in [0.15, 0.2) is 0 Å². The molecule has 0 aromatic rings. The van der Waals surface area contributed by atoms with Crippen molar-refractivity contribution in [1.29, 1.82) is 0 Å². The second kappa shape index (κ2) is 5.49. The van der Waals surface area contributed by atoms with Crippen LogP contribution >= 0.6 is 0 Å². The van der Waals surface area contributed by atoms with Crippen molar-refractivity contribution < 1.29 is 14.3 Å². The molecule has 0 spiro atoms. The number of likely N-dealkylation sites (tertiary alicyclic amines) is 1. The van der Waals surface area contributed by atoms with Crippen LogP contribution in [-0.2, 0) is 14.3 Å². The normalized spacial score (nSPS) is 28.5. The van der Waals surface area contributed by atoms with E-state index in [0.717, 1.165) is 32.4 Å². The van der Waals surface area contributed by atoms with Crippen LogP contribution < -0.4 is 5.32 Å². The minimum atomic E-state index is -0.438. The van der Waals surface area contributed by atoms with Crippen molar-refractivity contribution >= 4 is 11.9 Å². The fourth-order valence-corrected chi connectivity index (χ4v) is 2.78. The van der Waals surface area contributed by atoms with E-state index in [0.29, 0.717) is 6.42 Å². The molecular weight excluding hydrogens is 244 g/mol. The lowest BCUT2D eigenvalue weighted by molar-refractivity contribution is -0.160. The molecule has 0 aliphatic carbocycles. The number of rotatable bonds is 3. The highest BCUT2D eigenvalue weighted by atomic mass is 16.6. The zero-order valence-corrected chi connectivity index (χ0v) is 12.1. The number of amides is 1. The molecule has 2 aliphatic rings. The maximum atomic E-state index is 12.2. The molecule has 2 heterocycles. The molecule has 108 valence electrons. The Morgan fingerprint density at radius 3 is 2.74 bits per heavy atom. The number of nitrogens with zero attached hydrogens (tertiary/aromatic N) is 1. The first-order chi connectivity index (χ1) is 8.85. The molecule has 1 unspecified atom stereocenters. The van der Waals surface area contributed by atoms with Gasteiger partial charge in [-0.3, -0.25) is 14.5 Å². The van der Waals surface area contributed by atoms with Gasteiger partial charge in [-0.1, -0.05) is 0 Å². The molecule has 2 saturated heterocycles. The van der Waals surface area contributed by atoms with Crippen molar-refractivity contribution in [3.05, 3.63) is 0 Å². The predicted octanol–water partition coefficient (Wildman–Crippen LogP) is 1.07. The summed E-state index contributed by atoms with van der Waals surface area (Å²) >= 11 is 0.